The number of hydrogen-bond donors (Lipinski definition) is 2. The molecule has 2 N–H and O–H groups in total. The molecule has 2 rings (SSSR count). The van der Waals surface area contributed by atoms with Crippen LogP contribution in [0.25, 0.3) is 0 Å². The first-order valence-electron chi connectivity index (χ1n) is 7.23. The van der Waals surface area contributed by atoms with Gasteiger partial charge in [0, 0.05) is 31.7 Å². The predicted octanol–water partition coefficient (Wildman–Crippen LogP) is 1.71. The summed E-state index contributed by atoms with van der Waals surface area (Å²) >= 11 is 1.35. The summed E-state index contributed by atoms with van der Waals surface area (Å²) in [5.74, 6) is -0.618. The molecular formula is C14H20N4O3S. The Bertz CT molecular complexity index is 567. The van der Waals surface area contributed by atoms with Gasteiger partial charge in [-0.15, -0.1) is 0 Å². The van der Waals surface area contributed by atoms with Gasteiger partial charge in [-0.1, -0.05) is 18.7 Å². The summed E-state index contributed by atoms with van der Waals surface area (Å²) in [6, 6.07) is 0.00644. The number of nitrogens with one attached hydrogen (secondary N) is 1. The Kier molecular flexibility index (Phi) is 5.59. The van der Waals surface area contributed by atoms with Gasteiger partial charge in [-0.25, -0.2) is 14.8 Å². The Morgan fingerprint density at radius 3 is 2.95 bits per heavy atom. The molecule has 0 bridgehead atoms. The number of amides is 1. The molecule has 7 nitrogen and oxygen atoms in total. The fourth-order valence-electron chi connectivity index (χ4n) is 2.47. The lowest BCUT2D eigenvalue weighted by Crippen LogP contribution is -2.45. The van der Waals surface area contributed by atoms with Crippen molar-refractivity contribution >= 4 is 29.5 Å². The summed E-state index contributed by atoms with van der Waals surface area (Å²) in [5.41, 5.74) is 0.0525. The van der Waals surface area contributed by atoms with Crippen molar-refractivity contribution in [3.05, 3.63) is 11.8 Å². The second-order valence-electron chi connectivity index (χ2n) is 5.10. The highest BCUT2D eigenvalue weighted by atomic mass is 32.2. The highest BCUT2D eigenvalue weighted by Crippen LogP contribution is 2.20. The third-order valence-electron chi connectivity index (χ3n) is 3.60. The van der Waals surface area contributed by atoms with Gasteiger partial charge in [0.2, 0.25) is 5.91 Å². The van der Waals surface area contributed by atoms with E-state index in [4.69, 9.17) is 0 Å². The predicted molar refractivity (Wildman–Crippen MR) is 84.3 cm³/mol. The van der Waals surface area contributed by atoms with Gasteiger partial charge in [0.05, 0.1) is 0 Å². The average Bonchev–Trinajstić information content (AvgIpc) is 2.54. The average molecular weight is 324 g/mol. The van der Waals surface area contributed by atoms with E-state index in [0.717, 1.165) is 19.4 Å². The highest BCUT2D eigenvalue weighted by Gasteiger charge is 2.24. The number of carbonyl (C=O) groups excluding carboxylic acids is 1. The van der Waals surface area contributed by atoms with Gasteiger partial charge < -0.3 is 15.3 Å². The van der Waals surface area contributed by atoms with Crippen LogP contribution >= 0.6 is 11.8 Å². The van der Waals surface area contributed by atoms with E-state index in [0.29, 0.717) is 23.9 Å². The van der Waals surface area contributed by atoms with E-state index >= 15 is 0 Å². The number of aromatic nitrogens is 2. The first-order valence-corrected chi connectivity index (χ1v) is 8.46. The second kappa shape index (κ2) is 7.44. The molecule has 0 spiro atoms. The molecular weight excluding hydrogens is 304 g/mol. The summed E-state index contributed by atoms with van der Waals surface area (Å²) in [4.78, 5) is 33.2. The number of thioether (sulfide) groups is 1. The van der Waals surface area contributed by atoms with Crippen LogP contribution in [0.3, 0.4) is 0 Å². The molecule has 0 unspecified atom stereocenters. The smallest absolute Gasteiger partial charge is 0.341 e. The Morgan fingerprint density at radius 1 is 1.55 bits per heavy atom. The lowest BCUT2D eigenvalue weighted by molar-refractivity contribution is -0.131. The molecule has 1 aromatic heterocycles. The van der Waals surface area contributed by atoms with Gasteiger partial charge in [-0.05, 0) is 19.1 Å². The number of likely N-dealkylation sites (tertiary alicyclic amines) is 1. The molecule has 120 valence electrons. The third kappa shape index (κ3) is 3.88. The Balaban J connectivity index is 2.15. The lowest BCUT2D eigenvalue weighted by Gasteiger charge is -2.33. The number of aromatic carboxylic acids is 1. The number of piperidine rings is 1. The molecule has 1 aliphatic heterocycles. The van der Waals surface area contributed by atoms with Gasteiger partial charge >= 0.3 is 5.97 Å². The van der Waals surface area contributed by atoms with Crippen LogP contribution in [0.5, 0.6) is 0 Å². The van der Waals surface area contributed by atoms with Crippen molar-refractivity contribution in [3.8, 4) is 0 Å². The van der Waals surface area contributed by atoms with Gasteiger partial charge in [0.1, 0.15) is 11.4 Å². The lowest BCUT2D eigenvalue weighted by atomic mass is 10.1. The molecule has 1 amide bonds. The molecule has 0 aliphatic carbocycles. The third-order valence-corrected chi connectivity index (χ3v) is 4.16. The van der Waals surface area contributed by atoms with E-state index in [1.807, 2.05) is 18.1 Å². The van der Waals surface area contributed by atoms with Crippen LogP contribution in [-0.2, 0) is 4.79 Å². The molecule has 8 heteroatoms. The number of anilines is 1. The summed E-state index contributed by atoms with van der Waals surface area (Å²) in [7, 11) is 0. The van der Waals surface area contributed by atoms with Crippen LogP contribution in [0.4, 0.5) is 5.82 Å². The Hall–Kier alpha value is -1.83. The first-order chi connectivity index (χ1) is 10.5. The number of rotatable bonds is 5. The zero-order valence-corrected chi connectivity index (χ0v) is 13.5. The van der Waals surface area contributed by atoms with Crippen molar-refractivity contribution in [2.75, 3.05) is 24.7 Å². The van der Waals surface area contributed by atoms with Crippen molar-refractivity contribution < 1.29 is 14.7 Å². The maximum Gasteiger partial charge on any atom is 0.341 e. The molecule has 0 aromatic carbocycles. The number of nitrogens with zero attached hydrogens (tertiary/aromatic N) is 3. The summed E-state index contributed by atoms with van der Waals surface area (Å²) in [5, 5.41) is 12.9. The van der Waals surface area contributed by atoms with Crippen LogP contribution < -0.4 is 5.32 Å². The quantitative estimate of drug-likeness (QED) is 0.629. The number of carboxylic acids is 1. The topological polar surface area (TPSA) is 95.4 Å². The fourth-order valence-corrected chi connectivity index (χ4v) is 2.81. The molecule has 1 aromatic rings. The molecule has 0 radical (unpaired) electrons. The minimum Gasteiger partial charge on any atom is -0.477 e. The molecule has 2 heterocycles. The number of hydrogen-bond acceptors (Lipinski definition) is 6. The first kappa shape index (κ1) is 16.5. The van der Waals surface area contributed by atoms with Gasteiger partial charge in [-0.2, -0.15) is 0 Å². The molecule has 0 saturated carbocycles. The van der Waals surface area contributed by atoms with Gasteiger partial charge in [-0.3, -0.25) is 4.79 Å². The van der Waals surface area contributed by atoms with E-state index in [9.17, 15) is 14.7 Å². The van der Waals surface area contributed by atoms with Crippen molar-refractivity contribution in [1.29, 1.82) is 0 Å². The van der Waals surface area contributed by atoms with E-state index in [1.165, 1.54) is 18.0 Å². The normalized spacial score (nSPS) is 18.1. The van der Waals surface area contributed by atoms with Crippen molar-refractivity contribution in [3.63, 3.8) is 0 Å². The van der Waals surface area contributed by atoms with Crippen LogP contribution in [0.15, 0.2) is 11.4 Å². The molecule has 22 heavy (non-hydrogen) atoms. The van der Waals surface area contributed by atoms with Crippen molar-refractivity contribution in [2.24, 2.45) is 0 Å². The van der Waals surface area contributed by atoms with Crippen LogP contribution in [0, 0.1) is 0 Å². The molecule has 1 saturated heterocycles. The maximum atomic E-state index is 11.8. The zero-order chi connectivity index (χ0) is 16.1. The molecule has 1 fully saturated rings. The van der Waals surface area contributed by atoms with Gasteiger partial charge in [0.15, 0.2) is 5.16 Å². The number of carboxylic acid groups (broad SMARTS) is 1. The van der Waals surface area contributed by atoms with E-state index < -0.39 is 5.97 Å². The van der Waals surface area contributed by atoms with Crippen LogP contribution in [0.2, 0.25) is 0 Å². The largest absolute Gasteiger partial charge is 0.477 e. The zero-order valence-electron chi connectivity index (χ0n) is 12.7. The van der Waals surface area contributed by atoms with Crippen LogP contribution in [-0.4, -0.2) is 57.2 Å². The minimum absolute atomic E-state index is 0.00644. The maximum absolute atomic E-state index is 11.8. The van der Waals surface area contributed by atoms with Gasteiger partial charge in [0.25, 0.3) is 0 Å². The Morgan fingerprint density at radius 2 is 2.32 bits per heavy atom. The summed E-state index contributed by atoms with van der Waals surface area (Å²) in [6.45, 7) is 3.18. The minimum atomic E-state index is -1.06. The van der Waals surface area contributed by atoms with E-state index in [1.54, 1.807) is 0 Å². The Labute approximate surface area is 133 Å². The fraction of sp³-hybridized carbons (Fsp3) is 0.571. The summed E-state index contributed by atoms with van der Waals surface area (Å²) in [6.07, 6.45) is 5.41. The van der Waals surface area contributed by atoms with E-state index in [2.05, 4.69) is 15.3 Å². The molecule has 1 aliphatic rings. The highest BCUT2D eigenvalue weighted by molar-refractivity contribution is 7.98. The monoisotopic (exact) mass is 324 g/mol. The van der Waals surface area contributed by atoms with Crippen molar-refractivity contribution in [1.82, 2.24) is 14.9 Å². The molecule has 1 atom stereocenters. The second-order valence-corrected chi connectivity index (χ2v) is 5.87. The number of carbonyl (C=O) groups is 2. The summed E-state index contributed by atoms with van der Waals surface area (Å²) < 4.78 is 0. The standard InChI is InChI=1S/C14H20N4O3S/c1-3-11(19)18-6-4-5-9(8-18)16-12-10(13(20)21)7-15-14(17-12)22-2/h7,9H,3-6,8H2,1-2H3,(H,20,21)(H,15,16,17)/t9-/m1/s1. The van der Waals surface area contributed by atoms with E-state index in [-0.39, 0.29) is 17.5 Å². The van der Waals surface area contributed by atoms with Crippen LogP contribution in [0.1, 0.15) is 36.5 Å². The SMILES string of the molecule is CCC(=O)N1CCC[C@@H](Nc2nc(SC)ncc2C(=O)O)C1. The van der Waals surface area contributed by atoms with Crippen molar-refractivity contribution in [2.45, 2.75) is 37.4 Å².